The highest BCUT2D eigenvalue weighted by atomic mass is 16.4. The van der Waals surface area contributed by atoms with Crippen molar-refractivity contribution in [2.24, 2.45) is 5.92 Å². The Morgan fingerprint density at radius 3 is 2.08 bits per heavy atom. The number of hydrogen-bond acceptors (Lipinski definition) is 4. The van der Waals surface area contributed by atoms with Gasteiger partial charge in [0, 0.05) is 44.8 Å². The predicted molar refractivity (Wildman–Crippen MR) is 160 cm³/mol. The third-order valence-corrected chi connectivity index (χ3v) is 7.28. The molecule has 2 aromatic carbocycles. The SMILES string of the molecule is CC.CCCN(C(=O)NCc1ccccc1)C1CCN(CC2CCC(NCC(=O)O)C2)CC1.c1ccccc1. The lowest BCUT2D eigenvalue weighted by Gasteiger charge is -2.39. The highest BCUT2D eigenvalue weighted by Crippen LogP contribution is 2.28. The molecule has 0 aromatic heterocycles. The zero-order chi connectivity index (χ0) is 28.3. The van der Waals surface area contributed by atoms with Crippen LogP contribution in [-0.4, -0.2) is 71.7 Å². The van der Waals surface area contributed by atoms with E-state index in [0.717, 1.165) is 63.8 Å². The molecule has 7 heteroatoms. The number of nitrogens with zero attached hydrogens (tertiary/aromatic N) is 2. The molecule has 2 aromatic rings. The fraction of sp³-hybridized carbons (Fsp3) is 0.562. The van der Waals surface area contributed by atoms with E-state index in [1.54, 1.807) is 0 Å². The van der Waals surface area contributed by atoms with Crippen LogP contribution in [0.15, 0.2) is 66.7 Å². The summed E-state index contributed by atoms with van der Waals surface area (Å²) >= 11 is 0. The fourth-order valence-corrected chi connectivity index (χ4v) is 5.39. The van der Waals surface area contributed by atoms with Crippen molar-refractivity contribution in [1.82, 2.24) is 20.4 Å². The van der Waals surface area contributed by atoms with Crippen molar-refractivity contribution < 1.29 is 14.7 Å². The van der Waals surface area contributed by atoms with E-state index in [0.29, 0.717) is 24.5 Å². The molecule has 216 valence electrons. The van der Waals surface area contributed by atoms with Gasteiger partial charge in [-0.15, -0.1) is 0 Å². The van der Waals surface area contributed by atoms with Gasteiger partial charge in [-0.1, -0.05) is 87.5 Å². The molecule has 2 aliphatic rings. The predicted octanol–water partition coefficient (Wildman–Crippen LogP) is 5.63. The topological polar surface area (TPSA) is 84.9 Å². The number of urea groups is 1. The lowest BCUT2D eigenvalue weighted by molar-refractivity contribution is -0.136. The van der Waals surface area contributed by atoms with E-state index in [1.165, 1.54) is 6.42 Å². The second-order valence-electron chi connectivity index (χ2n) is 10.2. The van der Waals surface area contributed by atoms with Crippen molar-refractivity contribution in [2.45, 2.75) is 77.9 Å². The maximum absolute atomic E-state index is 12.9. The van der Waals surface area contributed by atoms with Gasteiger partial charge in [-0.3, -0.25) is 4.79 Å². The number of nitrogens with one attached hydrogen (secondary N) is 2. The Morgan fingerprint density at radius 2 is 1.51 bits per heavy atom. The van der Waals surface area contributed by atoms with Gasteiger partial charge in [0.1, 0.15) is 0 Å². The summed E-state index contributed by atoms with van der Waals surface area (Å²) in [6.07, 6.45) is 6.31. The van der Waals surface area contributed by atoms with Gasteiger partial charge in [0.25, 0.3) is 0 Å². The van der Waals surface area contributed by atoms with Crippen molar-refractivity contribution >= 4 is 12.0 Å². The third kappa shape index (κ3) is 12.7. The average molecular weight is 539 g/mol. The molecule has 4 rings (SSSR count). The quantitative estimate of drug-likeness (QED) is 0.365. The lowest BCUT2D eigenvalue weighted by Crippen LogP contribution is -2.51. The smallest absolute Gasteiger partial charge is 0.317 e. The molecule has 7 nitrogen and oxygen atoms in total. The monoisotopic (exact) mass is 538 g/mol. The second-order valence-corrected chi connectivity index (χ2v) is 10.2. The highest BCUT2D eigenvalue weighted by Gasteiger charge is 2.30. The molecule has 1 aliphatic carbocycles. The molecule has 0 radical (unpaired) electrons. The molecule has 2 unspecified atom stereocenters. The van der Waals surface area contributed by atoms with Gasteiger partial charge in [-0.05, 0) is 50.0 Å². The van der Waals surface area contributed by atoms with Gasteiger partial charge in [0.15, 0.2) is 0 Å². The van der Waals surface area contributed by atoms with Gasteiger partial charge < -0.3 is 25.5 Å². The maximum Gasteiger partial charge on any atom is 0.317 e. The molecule has 2 amide bonds. The molecule has 1 aliphatic heterocycles. The summed E-state index contributed by atoms with van der Waals surface area (Å²) in [5.41, 5.74) is 1.12. The van der Waals surface area contributed by atoms with Crippen molar-refractivity contribution in [3.63, 3.8) is 0 Å². The van der Waals surface area contributed by atoms with Crippen LogP contribution in [-0.2, 0) is 11.3 Å². The van der Waals surface area contributed by atoms with Crippen LogP contribution >= 0.6 is 0 Å². The van der Waals surface area contributed by atoms with E-state index >= 15 is 0 Å². The molecule has 2 fully saturated rings. The van der Waals surface area contributed by atoms with Crippen molar-refractivity contribution in [3.8, 4) is 0 Å². The summed E-state index contributed by atoms with van der Waals surface area (Å²) in [7, 11) is 0. The van der Waals surface area contributed by atoms with Crippen LogP contribution < -0.4 is 10.6 Å². The summed E-state index contributed by atoms with van der Waals surface area (Å²) in [4.78, 5) is 28.2. The lowest BCUT2D eigenvalue weighted by atomic mass is 10.0. The van der Waals surface area contributed by atoms with Crippen LogP contribution in [0.2, 0.25) is 0 Å². The summed E-state index contributed by atoms with van der Waals surface area (Å²) in [5, 5.41) is 15.1. The van der Waals surface area contributed by atoms with Crippen LogP contribution in [0.25, 0.3) is 0 Å². The molecule has 39 heavy (non-hydrogen) atoms. The van der Waals surface area contributed by atoms with Crippen LogP contribution in [0, 0.1) is 5.92 Å². The Balaban J connectivity index is 0.000000578. The van der Waals surface area contributed by atoms with Gasteiger partial charge in [-0.2, -0.15) is 0 Å². The number of rotatable bonds is 10. The molecule has 1 saturated heterocycles. The number of likely N-dealkylation sites (tertiary alicyclic amines) is 1. The summed E-state index contributed by atoms with van der Waals surface area (Å²) < 4.78 is 0. The molecular formula is C32H50N4O3. The number of amides is 2. The zero-order valence-corrected chi connectivity index (χ0v) is 24.2. The summed E-state index contributed by atoms with van der Waals surface area (Å²) in [6, 6.07) is 22.7. The number of benzene rings is 2. The number of carbonyl (C=O) groups is 2. The number of carboxylic acids is 1. The molecule has 3 N–H and O–H groups in total. The minimum Gasteiger partial charge on any atom is -0.480 e. The van der Waals surface area contributed by atoms with E-state index < -0.39 is 5.97 Å². The molecular weight excluding hydrogens is 488 g/mol. The number of aliphatic carboxylic acids is 1. The van der Waals surface area contributed by atoms with Gasteiger partial charge >= 0.3 is 12.0 Å². The minimum atomic E-state index is -0.782. The molecule has 0 spiro atoms. The average Bonchev–Trinajstić information content (AvgIpc) is 3.44. The molecule has 2 atom stereocenters. The zero-order valence-electron chi connectivity index (χ0n) is 24.2. The Kier molecular flexibility index (Phi) is 15.9. The van der Waals surface area contributed by atoms with Crippen molar-refractivity contribution in [3.05, 3.63) is 72.3 Å². The first-order valence-electron chi connectivity index (χ1n) is 14.8. The van der Waals surface area contributed by atoms with Crippen molar-refractivity contribution in [2.75, 3.05) is 32.7 Å². The first-order chi connectivity index (χ1) is 19.0. The van der Waals surface area contributed by atoms with Gasteiger partial charge in [0.05, 0.1) is 6.54 Å². The van der Waals surface area contributed by atoms with E-state index in [-0.39, 0.29) is 12.6 Å². The normalized spacial score (nSPS) is 19.2. The first kappa shape index (κ1) is 32.3. The minimum absolute atomic E-state index is 0.0484. The van der Waals surface area contributed by atoms with E-state index in [1.807, 2.05) is 85.5 Å². The van der Waals surface area contributed by atoms with E-state index in [2.05, 4.69) is 22.5 Å². The summed E-state index contributed by atoms with van der Waals surface area (Å²) in [6.45, 7) is 10.7. The fourth-order valence-electron chi connectivity index (χ4n) is 5.39. The number of piperidine rings is 1. The number of carboxylic acid groups (broad SMARTS) is 1. The van der Waals surface area contributed by atoms with Crippen LogP contribution in [0.3, 0.4) is 0 Å². The molecule has 1 heterocycles. The molecule has 0 bridgehead atoms. The van der Waals surface area contributed by atoms with E-state index in [9.17, 15) is 9.59 Å². The largest absolute Gasteiger partial charge is 0.480 e. The second kappa shape index (κ2) is 19.2. The Hall–Kier alpha value is -2.90. The highest BCUT2D eigenvalue weighted by molar-refractivity contribution is 5.74. The van der Waals surface area contributed by atoms with E-state index in [4.69, 9.17) is 5.11 Å². The summed E-state index contributed by atoms with van der Waals surface area (Å²) in [5.74, 6) is -0.140. The number of carbonyl (C=O) groups excluding carboxylic acids is 1. The Labute approximate surface area is 236 Å². The Bertz CT molecular complexity index is 877. The van der Waals surface area contributed by atoms with Gasteiger partial charge in [0.2, 0.25) is 0 Å². The van der Waals surface area contributed by atoms with Crippen LogP contribution in [0.1, 0.15) is 64.9 Å². The van der Waals surface area contributed by atoms with Gasteiger partial charge in [-0.25, -0.2) is 4.79 Å². The van der Waals surface area contributed by atoms with Crippen LogP contribution in [0.5, 0.6) is 0 Å². The van der Waals surface area contributed by atoms with Crippen LogP contribution in [0.4, 0.5) is 4.79 Å². The Morgan fingerprint density at radius 1 is 0.923 bits per heavy atom. The third-order valence-electron chi connectivity index (χ3n) is 7.28. The first-order valence-corrected chi connectivity index (χ1v) is 14.8. The standard InChI is InChI=1S/C24H38N4O3.C6H6.C2H6/c1-2-12-28(24(31)26-16-19-6-4-3-5-7-19)22-10-13-27(14-11-22)18-20-8-9-21(15-20)25-17-23(29)30;1-2-4-6-5-3-1;1-2/h3-7,20-22,25H,2,8-18H2,1H3,(H,26,31)(H,29,30);1-6H;1-2H3. The van der Waals surface area contributed by atoms with Crippen molar-refractivity contribution in [1.29, 1.82) is 0 Å². The maximum atomic E-state index is 12.9. The number of hydrogen-bond donors (Lipinski definition) is 3. The molecule has 1 saturated carbocycles.